The van der Waals surface area contributed by atoms with E-state index >= 15 is 0 Å². The monoisotopic (exact) mass is 394 g/mol. The molecule has 0 atom stereocenters. The Balaban J connectivity index is 2.69. The van der Waals surface area contributed by atoms with Crippen molar-refractivity contribution in [2.45, 2.75) is 63.8 Å². The molecule has 0 radical (unpaired) electrons. The minimum Gasteiger partial charge on any atom is -0.328 e. The maximum absolute atomic E-state index is 13.3. The van der Waals surface area contributed by atoms with Gasteiger partial charge >= 0.3 is 0 Å². The van der Waals surface area contributed by atoms with Crippen molar-refractivity contribution in [2.75, 3.05) is 5.32 Å². The minimum absolute atomic E-state index is 0.00716. The Morgan fingerprint density at radius 3 is 2.15 bits per heavy atom. The molecule has 0 spiro atoms. The van der Waals surface area contributed by atoms with Gasteiger partial charge in [0, 0.05) is 18.2 Å². The van der Waals surface area contributed by atoms with Crippen LogP contribution in [0.2, 0.25) is 0 Å². The molecule has 1 N–H and O–H groups in total. The van der Waals surface area contributed by atoms with Crippen molar-refractivity contribution >= 4 is 21.6 Å². The number of nitrogens with zero attached hydrogens (tertiary/aromatic N) is 1. The number of carbonyl (C=O) groups is 1. The largest absolute Gasteiger partial charge is 0.328 e. The highest BCUT2D eigenvalue weighted by molar-refractivity contribution is 7.91. The number of amides is 1. The fourth-order valence-corrected chi connectivity index (χ4v) is 4.86. The van der Waals surface area contributed by atoms with Crippen LogP contribution in [-0.2, 0) is 14.6 Å². The van der Waals surface area contributed by atoms with Gasteiger partial charge in [0.2, 0.25) is 15.7 Å². The summed E-state index contributed by atoms with van der Waals surface area (Å²) in [4.78, 5) is 12.5. The summed E-state index contributed by atoms with van der Waals surface area (Å²) < 4.78 is 41.7. The first-order valence-electron chi connectivity index (χ1n) is 8.98. The van der Waals surface area contributed by atoms with Gasteiger partial charge in [0.15, 0.2) is 0 Å². The summed E-state index contributed by atoms with van der Waals surface area (Å²) in [5.41, 5.74) is 1.35. The number of hydrogen-bond acceptors (Lipinski definition) is 3. The summed E-state index contributed by atoms with van der Waals surface area (Å²) in [5.74, 6) is -0.325. The van der Waals surface area contributed by atoms with Crippen LogP contribution in [0.15, 0.2) is 34.1 Å². The van der Waals surface area contributed by atoms with E-state index in [2.05, 4.69) is 5.32 Å². The van der Waals surface area contributed by atoms with Crippen LogP contribution in [0.4, 0.5) is 10.2 Å². The number of sulfone groups is 1. The van der Waals surface area contributed by atoms with Crippen LogP contribution in [-0.4, -0.2) is 18.9 Å². The smallest absolute Gasteiger partial charge is 0.225 e. The Labute approximate surface area is 160 Å². The molecular formula is C20H27FN2O3S. The first-order chi connectivity index (χ1) is 12.5. The Hall–Kier alpha value is -2.15. The number of rotatable bonds is 6. The van der Waals surface area contributed by atoms with E-state index in [4.69, 9.17) is 0 Å². The molecular weight excluding hydrogens is 367 g/mol. The van der Waals surface area contributed by atoms with Gasteiger partial charge in [0.25, 0.3) is 0 Å². The summed E-state index contributed by atoms with van der Waals surface area (Å²) in [6.45, 7) is 11.3. The van der Waals surface area contributed by atoms with Crippen LogP contribution in [0.3, 0.4) is 0 Å². The number of hydrogen-bond donors (Lipinski definition) is 1. The summed E-state index contributed by atoms with van der Waals surface area (Å²) in [6, 6.07) is 4.67. The standard InChI is InChI=1S/C20H27FN2O3S/c1-12(2)11-18(24)22-20-19(14(5)15(6)23(20)13(3)4)27(25,26)17-9-7-16(21)8-10-17/h7-10,12-13H,11H2,1-6H3,(H,22,24). The number of anilines is 1. The highest BCUT2D eigenvalue weighted by atomic mass is 32.2. The number of aromatic nitrogens is 1. The third kappa shape index (κ3) is 4.24. The predicted molar refractivity (Wildman–Crippen MR) is 104 cm³/mol. The number of halogens is 1. The number of carbonyl (C=O) groups excluding carboxylic acids is 1. The van der Waals surface area contributed by atoms with Gasteiger partial charge in [0.05, 0.1) is 4.90 Å². The zero-order chi connectivity index (χ0) is 20.5. The highest BCUT2D eigenvalue weighted by Crippen LogP contribution is 2.37. The first kappa shape index (κ1) is 21.2. The lowest BCUT2D eigenvalue weighted by Gasteiger charge is -2.18. The van der Waals surface area contributed by atoms with E-state index < -0.39 is 15.7 Å². The normalized spacial score (nSPS) is 12.0. The Kier molecular flexibility index (Phi) is 6.14. The van der Waals surface area contributed by atoms with Crippen molar-refractivity contribution in [1.82, 2.24) is 4.57 Å². The summed E-state index contributed by atoms with van der Waals surface area (Å²) in [5, 5.41) is 2.81. The second-order valence-corrected chi connectivity index (χ2v) is 9.34. The minimum atomic E-state index is -3.93. The van der Waals surface area contributed by atoms with Crippen molar-refractivity contribution < 1.29 is 17.6 Å². The summed E-state index contributed by atoms with van der Waals surface area (Å²) >= 11 is 0. The topological polar surface area (TPSA) is 68.2 Å². The van der Waals surface area contributed by atoms with Crippen molar-refractivity contribution in [3.8, 4) is 0 Å². The lowest BCUT2D eigenvalue weighted by atomic mass is 10.1. The van der Waals surface area contributed by atoms with Crippen molar-refractivity contribution in [1.29, 1.82) is 0 Å². The molecule has 0 fully saturated rings. The number of benzene rings is 1. The van der Waals surface area contributed by atoms with Gasteiger partial charge in [-0.15, -0.1) is 0 Å². The molecule has 1 heterocycles. The van der Waals surface area contributed by atoms with Crippen LogP contribution >= 0.6 is 0 Å². The zero-order valence-electron chi connectivity index (χ0n) is 16.6. The molecule has 1 aromatic heterocycles. The average molecular weight is 395 g/mol. The lowest BCUT2D eigenvalue weighted by molar-refractivity contribution is -0.116. The molecule has 1 aromatic carbocycles. The summed E-state index contributed by atoms with van der Waals surface area (Å²) in [7, 11) is -3.93. The molecule has 2 aromatic rings. The second kappa shape index (κ2) is 7.84. The molecule has 27 heavy (non-hydrogen) atoms. The van der Waals surface area contributed by atoms with Gasteiger partial charge in [0.1, 0.15) is 16.5 Å². The Bertz CT molecular complexity index is 943. The first-order valence-corrected chi connectivity index (χ1v) is 10.5. The molecule has 0 saturated heterocycles. The maximum Gasteiger partial charge on any atom is 0.225 e. The SMILES string of the molecule is Cc1c(S(=O)(=O)c2ccc(F)cc2)c(NC(=O)CC(C)C)n(C(C)C)c1C. The Morgan fingerprint density at radius 2 is 1.67 bits per heavy atom. The van der Waals surface area contributed by atoms with Gasteiger partial charge in [-0.1, -0.05) is 13.8 Å². The molecule has 0 aliphatic rings. The lowest BCUT2D eigenvalue weighted by Crippen LogP contribution is -2.19. The maximum atomic E-state index is 13.3. The Morgan fingerprint density at radius 1 is 1.11 bits per heavy atom. The fourth-order valence-electron chi connectivity index (χ4n) is 3.18. The summed E-state index contributed by atoms with van der Waals surface area (Å²) in [6.07, 6.45) is 0.289. The van der Waals surface area contributed by atoms with Gasteiger partial charge in [-0.2, -0.15) is 0 Å². The molecule has 0 aliphatic carbocycles. The molecule has 0 unspecified atom stereocenters. The molecule has 148 valence electrons. The van der Waals surface area contributed by atoms with Gasteiger partial charge < -0.3 is 9.88 Å². The van der Waals surface area contributed by atoms with Crippen molar-refractivity contribution in [3.63, 3.8) is 0 Å². The molecule has 0 bridgehead atoms. The quantitative estimate of drug-likeness (QED) is 0.726. The van der Waals surface area contributed by atoms with Gasteiger partial charge in [-0.05, 0) is 63.4 Å². The van der Waals surface area contributed by atoms with Crippen LogP contribution in [0.1, 0.15) is 51.4 Å². The third-order valence-electron chi connectivity index (χ3n) is 4.46. The van der Waals surface area contributed by atoms with Crippen LogP contribution in [0.25, 0.3) is 0 Å². The zero-order valence-corrected chi connectivity index (χ0v) is 17.4. The van der Waals surface area contributed by atoms with Crippen LogP contribution in [0, 0.1) is 25.6 Å². The van der Waals surface area contributed by atoms with E-state index in [1.54, 1.807) is 6.92 Å². The van der Waals surface area contributed by atoms with Crippen molar-refractivity contribution in [2.24, 2.45) is 5.92 Å². The van der Waals surface area contributed by atoms with E-state index in [9.17, 15) is 17.6 Å². The molecule has 0 saturated carbocycles. The van der Waals surface area contributed by atoms with Gasteiger partial charge in [-0.3, -0.25) is 4.79 Å². The van der Waals surface area contributed by atoms with Crippen LogP contribution in [0.5, 0.6) is 0 Å². The molecule has 5 nitrogen and oxygen atoms in total. The van der Waals surface area contributed by atoms with E-state index in [0.29, 0.717) is 5.56 Å². The van der Waals surface area contributed by atoms with E-state index in [1.165, 1.54) is 12.1 Å². The average Bonchev–Trinajstić information content (AvgIpc) is 2.78. The molecule has 0 aliphatic heterocycles. The highest BCUT2D eigenvalue weighted by Gasteiger charge is 2.31. The molecule has 1 amide bonds. The molecule has 2 rings (SSSR count). The third-order valence-corrected chi connectivity index (χ3v) is 6.39. The second-order valence-electron chi connectivity index (χ2n) is 7.46. The predicted octanol–water partition coefficient (Wildman–Crippen LogP) is 4.64. The van der Waals surface area contributed by atoms with Gasteiger partial charge in [-0.25, -0.2) is 12.8 Å². The molecule has 7 heteroatoms. The van der Waals surface area contributed by atoms with E-state index in [1.807, 2.05) is 39.2 Å². The van der Waals surface area contributed by atoms with Crippen molar-refractivity contribution in [3.05, 3.63) is 41.3 Å². The van der Waals surface area contributed by atoms with E-state index in [-0.39, 0.29) is 39.9 Å². The fraction of sp³-hybridized carbons (Fsp3) is 0.450. The van der Waals surface area contributed by atoms with Crippen LogP contribution < -0.4 is 5.32 Å². The number of nitrogens with one attached hydrogen (secondary N) is 1. The van der Waals surface area contributed by atoms with E-state index in [0.717, 1.165) is 17.8 Å².